The molecule has 2 bridgehead atoms. The van der Waals surface area contributed by atoms with Crippen LogP contribution in [0, 0.1) is 11.6 Å². The maximum absolute atomic E-state index is 13.8. The van der Waals surface area contributed by atoms with Crippen molar-refractivity contribution in [2.24, 2.45) is 0 Å². The first-order chi connectivity index (χ1) is 15.2. The van der Waals surface area contributed by atoms with Crippen molar-refractivity contribution in [3.05, 3.63) is 63.1 Å². The highest BCUT2D eigenvalue weighted by molar-refractivity contribution is 5.99. The molecule has 0 aliphatic carbocycles. The van der Waals surface area contributed by atoms with E-state index in [0.717, 1.165) is 23.0 Å². The number of pyridine rings is 1. The molecule has 0 spiro atoms. The number of carbonyl (C=O) groups is 2. The molecule has 2 aliphatic rings. The molecule has 1 saturated heterocycles. The number of aromatic hydroxyl groups is 1. The third-order valence-electron chi connectivity index (χ3n) is 5.95. The molecule has 11 heteroatoms. The van der Waals surface area contributed by atoms with Crippen molar-refractivity contribution in [2.45, 2.75) is 38.4 Å². The van der Waals surface area contributed by atoms with E-state index in [9.17, 15) is 32.7 Å². The molecule has 3 heterocycles. The monoisotopic (exact) mass is 450 g/mol. The lowest BCUT2D eigenvalue weighted by molar-refractivity contribution is 0.0625. The maximum Gasteiger partial charge on any atom is 0.278 e. The molecule has 2 amide bonds. The van der Waals surface area contributed by atoms with E-state index in [2.05, 4.69) is 5.32 Å². The highest BCUT2D eigenvalue weighted by Gasteiger charge is 2.40. The summed E-state index contributed by atoms with van der Waals surface area (Å²) < 4.78 is 41.8. The number of nitrogens with zero attached hydrogens (tertiary/aromatic N) is 3. The zero-order valence-corrected chi connectivity index (χ0v) is 17.1. The molecule has 2 N–H and O–H groups in total. The predicted octanol–water partition coefficient (Wildman–Crippen LogP) is 1.63. The van der Waals surface area contributed by atoms with E-state index < -0.39 is 52.9 Å². The Bertz CT molecular complexity index is 1150. The summed E-state index contributed by atoms with van der Waals surface area (Å²) in [6.45, 7) is 0.768. The second-order valence-corrected chi connectivity index (χ2v) is 7.92. The van der Waals surface area contributed by atoms with Crippen LogP contribution in [0.3, 0.4) is 0 Å². The zero-order chi connectivity index (χ0) is 23.2. The predicted molar refractivity (Wildman–Crippen MR) is 108 cm³/mol. The van der Waals surface area contributed by atoms with Crippen LogP contribution >= 0.6 is 0 Å². The van der Waals surface area contributed by atoms with E-state index >= 15 is 0 Å². The fourth-order valence-electron chi connectivity index (χ4n) is 4.04. The summed E-state index contributed by atoms with van der Waals surface area (Å²) in [5, 5.41) is 14.4. The number of hydrogen-bond donors (Lipinski definition) is 2. The van der Waals surface area contributed by atoms with Crippen molar-refractivity contribution in [3.8, 4) is 5.75 Å². The Hall–Kier alpha value is -3.50. The van der Waals surface area contributed by atoms with Gasteiger partial charge in [-0.25, -0.2) is 13.2 Å². The summed E-state index contributed by atoms with van der Waals surface area (Å²) in [5.41, 5.74) is -1.92. The van der Waals surface area contributed by atoms with Crippen molar-refractivity contribution in [2.75, 3.05) is 18.4 Å². The van der Waals surface area contributed by atoms with E-state index in [1.54, 1.807) is 6.92 Å². The number of benzene rings is 1. The Morgan fingerprint density at radius 2 is 2.00 bits per heavy atom. The van der Waals surface area contributed by atoms with Crippen LogP contribution < -0.4 is 15.8 Å². The lowest BCUT2D eigenvalue weighted by Gasteiger charge is -2.42. The molecule has 170 valence electrons. The van der Waals surface area contributed by atoms with Gasteiger partial charge in [-0.3, -0.25) is 24.1 Å². The third-order valence-corrected chi connectivity index (χ3v) is 5.95. The Labute approximate surface area is 180 Å². The van der Waals surface area contributed by atoms with Gasteiger partial charge in [0, 0.05) is 30.4 Å². The van der Waals surface area contributed by atoms with E-state index in [1.165, 1.54) is 9.91 Å². The third kappa shape index (κ3) is 3.57. The number of hydrogen-bond acceptors (Lipinski definition) is 5. The van der Waals surface area contributed by atoms with Crippen molar-refractivity contribution in [1.29, 1.82) is 0 Å². The van der Waals surface area contributed by atoms with Crippen molar-refractivity contribution in [3.63, 3.8) is 0 Å². The fraction of sp³-hybridized carbons (Fsp3) is 0.381. The van der Waals surface area contributed by atoms with Gasteiger partial charge < -0.3 is 15.3 Å². The largest absolute Gasteiger partial charge is 0.502 e. The minimum atomic E-state index is -1.08. The van der Waals surface area contributed by atoms with Gasteiger partial charge in [0.1, 0.15) is 30.5 Å². The second kappa shape index (κ2) is 8.21. The van der Waals surface area contributed by atoms with E-state index in [0.29, 0.717) is 18.9 Å². The summed E-state index contributed by atoms with van der Waals surface area (Å²) in [5.74, 6) is -4.09. The first kappa shape index (κ1) is 21.7. The number of alkyl halides is 1. The minimum absolute atomic E-state index is 0.00754. The second-order valence-electron chi connectivity index (χ2n) is 7.92. The number of amides is 2. The topological polar surface area (TPSA) is 94.9 Å². The van der Waals surface area contributed by atoms with Crippen molar-refractivity contribution in [1.82, 2.24) is 14.9 Å². The van der Waals surface area contributed by atoms with Gasteiger partial charge in [-0.15, -0.1) is 0 Å². The van der Waals surface area contributed by atoms with Gasteiger partial charge in [-0.05, 0) is 25.8 Å². The number of nitrogens with one attached hydrogen (secondary N) is 1. The molecule has 1 aromatic carbocycles. The molecule has 2 aromatic rings. The van der Waals surface area contributed by atoms with E-state index in [4.69, 9.17) is 0 Å². The van der Waals surface area contributed by atoms with Crippen LogP contribution in [0.4, 0.5) is 13.2 Å². The van der Waals surface area contributed by atoms with Gasteiger partial charge in [0.15, 0.2) is 11.4 Å². The van der Waals surface area contributed by atoms with Gasteiger partial charge in [-0.1, -0.05) is 6.07 Å². The summed E-state index contributed by atoms with van der Waals surface area (Å²) in [7, 11) is 0. The molecular weight excluding hydrogens is 429 g/mol. The summed E-state index contributed by atoms with van der Waals surface area (Å²) in [6.07, 6.45) is 2.05. The highest BCUT2D eigenvalue weighted by Crippen LogP contribution is 2.29. The van der Waals surface area contributed by atoms with Crippen LogP contribution in [0.15, 0.2) is 29.2 Å². The zero-order valence-electron chi connectivity index (χ0n) is 17.1. The Morgan fingerprint density at radius 3 is 2.69 bits per heavy atom. The van der Waals surface area contributed by atoms with Gasteiger partial charge in [0.2, 0.25) is 5.43 Å². The Morgan fingerprint density at radius 1 is 1.25 bits per heavy atom. The Kier molecular flexibility index (Phi) is 5.57. The number of halogens is 3. The van der Waals surface area contributed by atoms with Gasteiger partial charge in [-0.2, -0.15) is 0 Å². The SMILES string of the molecule is C[C@H]1CC[C@@H](CF)N2CN1C(=O)c1c(O)c(=O)c(C(=O)NCc3ccc(F)cc3F)cn12. The van der Waals surface area contributed by atoms with Crippen LogP contribution in [0.1, 0.15) is 46.2 Å². The lowest BCUT2D eigenvalue weighted by atomic mass is 10.1. The normalized spacial score (nSPS) is 20.1. The number of aromatic nitrogens is 1. The Balaban J connectivity index is 1.71. The molecule has 0 saturated carbocycles. The van der Waals surface area contributed by atoms with Crippen molar-refractivity contribution >= 4 is 11.8 Å². The molecular formula is C21H21F3N4O4. The highest BCUT2D eigenvalue weighted by atomic mass is 19.1. The quantitative estimate of drug-likeness (QED) is 0.739. The van der Waals surface area contributed by atoms with Crippen molar-refractivity contribution < 1.29 is 27.9 Å². The molecule has 8 nitrogen and oxygen atoms in total. The van der Waals surface area contributed by atoms with Gasteiger partial charge in [0.05, 0.1) is 6.04 Å². The fourth-order valence-corrected chi connectivity index (χ4v) is 4.04. The molecule has 2 atom stereocenters. The van der Waals surface area contributed by atoms with Gasteiger partial charge >= 0.3 is 0 Å². The molecule has 32 heavy (non-hydrogen) atoms. The standard InChI is InChI=1S/C21H21F3N4O4/c1-11-2-5-14(7-22)28-10-26(11)21(32)17-19(30)18(29)15(9-27(17)28)20(31)25-8-12-3-4-13(23)6-16(12)24/h3-4,6,9,11,14,30H,2,5,7-8,10H2,1H3,(H,25,31)/t11-,14-/m0/s1. The molecule has 1 aromatic heterocycles. The van der Waals surface area contributed by atoms with Crippen LogP contribution in [-0.4, -0.2) is 51.9 Å². The first-order valence-electron chi connectivity index (χ1n) is 10.1. The lowest BCUT2D eigenvalue weighted by Crippen LogP contribution is -2.58. The smallest absolute Gasteiger partial charge is 0.278 e. The summed E-state index contributed by atoms with van der Waals surface area (Å²) >= 11 is 0. The van der Waals surface area contributed by atoms with E-state index in [-0.39, 0.29) is 30.5 Å². The summed E-state index contributed by atoms with van der Waals surface area (Å²) in [6, 6.07) is 1.99. The molecule has 0 radical (unpaired) electrons. The van der Waals surface area contributed by atoms with Crippen LogP contribution in [-0.2, 0) is 6.54 Å². The molecule has 1 fully saturated rings. The van der Waals surface area contributed by atoms with Gasteiger partial charge in [0.25, 0.3) is 11.8 Å². The van der Waals surface area contributed by atoms with Crippen LogP contribution in [0.2, 0.25) is 0 Å². The molecule has 4 rings (SSSR count). The average molecular weight is 450 g/mol. The summed E-state index contributed by atoms with van der Waals surface area (Å²) in [4.78, 5) is 39.7. The maximum atomic E-state index is 13.8. The minimum Gasteiger partial charge on any atom is -0.502 e. The van der Waals surface area contributed by atoms with Crippen LogP contribution in [0.5, 0.6) is 5.75 Å². The molecule has 0 unspecified atom stereocenters. The van der Waals surface area contributed by atoms with E-state index in [1.807, 2.05) is 0 Å². The first-order valence-corrected chi connectivity index (χ1v) is 10.1. The number of carbonyl (C=O) groups excluding carboxylic acids is 2. The van der Waals surface area contributed by atoms with Crippen LogP contribution in [0.25, 0.3) is 0 Å². The molecule has 2 aliphatic heterocycles. The number of fused-ring (bicyclic) bond motifs is 4. The average Bonchev–Trinajstić information content (AvgIpc) is 2.90. The number of rotatable bonds is 4.